The van der Waals surface area contributed by atoms with E-state index in [1.165, 1.54) is 76.8 Å². The van der Waals surface area contributed by atoms with Crippen LogP contribution in [0.1, 0.15) is 126 Å². The zero-order valence-electron chi connectivity index (χ0n) is 18.9. The van der Waals surface area contributed by atoms with Crippen LogP contribution < -0.4 is 5.43 Å². The fraction of sp³-hybridized carbons (Fsp3) is 0.760. The van der Waals surface area contributed by atoms with Crippen LogP contribution in [-0.4, -0.2) is 15.6 Å². The lowest BCUT2D eigenvalue weighted by Gasteiger charge is -2.11. The molecule has 0 bridgehead atoms. The van der Waals surface area contributed by atoms with Crippen LogP contribution in [0.5, 0.6) is 0 Å². The number of unbranched alkanes of at least 4 members (excludes halogenated alkanes) is 13. The zero-order chi connectivity index (χ0) is 21.3. The van der Waals surface area contributed by atoms with E-state index in [0.717, 1.165) is 32.2 Å². The summed E-state index contributed by atoms with van der Waals surface area (Å²) in [5.41, 5.74) is 0.290. The molecular formula is C25H43NO3. The van der Waals surface area contributed by atoms with Gasteiger partial charge in [0.25, 0.3) is 0 Å². The third-order valence-electron chi connectivity index (χ3n) is 5.70. The van der Waals surface area contributed by atoms with Crippen molar-refractivity contribution >= 4 is 5.97 Å². The molecule has 4 nitrogen and oxygen atoms in total. The molecule has 0 unspecified atom stereocenters. The van der Waals surface area contributed by atoms with Crippen LogP contribution in [0.4, 0.5) is 0 Å². The molecule has 0 fully saturated rings. The van der Waals surface area contributed by atoms with Crippen molar-refractivity contribution in [3.05, 3.63) is 33.7 Å². The van der Waals surface area contributed by atoms with E-state index in [-0.39, 0.29) is 11.0 Å². The molecule has 0 radical (unpaired) electrons. The number of pyridine rings is 1. The molecule has 1 heterocycles. The van der Waals surface area contributed by atoms with E-state index >= 15 is 0 Å². The van der Waals surface area contributed by atoms with Gasteiger partial charge in [-0.3, -0.25) is 4.79 Å². The minimum atomic E-state index is -1.11. The predicted molar refractivity (Wildman–Crippen MR) is 122 cm³/mol. The lowest BCUT2D eigenvalue weighted by Crippen LogP contribution is -2.22. The highest BCUT2D eigenvalue weighted by Crippen LogP contribution is 2.12. The van der Waals surface area contributed by atoms with E-state index in [0.29, 0.717) is 12.0 Å². The summed E-state index contributed by atoms with van der Waals surface area (Å²) in [4.78, 5) is 24.0. The summed E-state index contributed by atoms with van der Waals surface area (Å²) in [6.45, 7) is 5.24. The second-order valence-corrected chi connectivity index (χ2v) is 8.42. The van der Waals surface area contributed by atoms with Crippen molar-refractivity contribution in [2.45, 2.75) is 123 Å². The van der Waals surface area contributed by atoms with Gasteiger partial charge in [-0.15, -0.1) is 0 Å². The van der Waals surface area contributed by atoms with E-state index < -0.39 is 5.97 Å². The quantitative estimate of drug-likeness (QED) is 0.268. The maximum absolute atomic E-state index is 12.5. The summed E-state index contributed by atoms with van der Waals surface area (Å²) in [5.74, 6) is -1.11. The second kappa shape index (κ2) is 16.2. The zero-order valence-corrected chi connectivity index (χ0v) is 18.9. The Morgan fingerprint density at radius 3 is 1.76 bits per heavy atom. The summed E-state index contributed by atoms with van der Waals surface area (Å²) in [6.07, 6.45) is 22.4. The second-order valence-electron chi connectivity index (χ2n) is 8.42. The van der Waals surface area contributed by atoms with Gasteiger partial charge >= 0.3 is 5.97 Å². The molecule has 0 aliphatic heterocycles. The third-order valence-corrected chi connectivity index (χ3v) is 5.70. The molecule has 1 aromatic heterocycles. The Bertz CT molecular complexity index is 621. The molecule has 0 saturated heterocycles. The highest BCUT2D eigenvalue weighted by atomic mass is 16.4. The van der Waals surface area contributed by atoms with Gasteiger partial charge in [0.2, 0.25) is 0 Å². The van der Waals surface area contributed by atoms with Crippen molar-refractivity contribution < 1.29 is 9.90 Å². The molecule has 4 heteroatoms. The van der Waals surface area contributed by atoms with E-state index in [9.17, 15) is 14.7 Å². The van der Waals surface area contributed by atoms with Gasteiger partial charge < -0.3 is 9.67 Å². The van der Waals surface area contributed by atoms with Crippen LogP contribution in [0.3, 0.4) is 0 Å². The smallest absolute Gasteiger partial charge is 0.341 e. The van der Waals surface area contributed by atoms with Gasteiger partial charge in [0.15, 0.2) is 5.43 Å². The summed E-state index contributed by atoms with van der Waals surface area (Å²) in [5, 5.41) is 9.41. The van der Waals surface area contributed by atoms with E-state index in [2.05, 4.69) is 13.8 Å². The first kappa shape index (κ1) is 25.5. The summed E-state index contributed by atoms with van der Waals surface area (Å²) < 4.78 is 1.93. The number of carbonyl (C=O) groups is 1. The molecule has 1 N–H and O–H groups in total. The van der Waals surface area contributed by atoms with Gasteiger partial charge in [0.05, 0.1) is 0 Å². The van der Waals surface area contributed by atoms with E-state index in [1.807, 2.05) is 10.8 Å². The Morgan fingerprint density at radius 1 is 0.759 bits per heavy atom. The lowest BCUT2D eigenvalue weighted by atomic mass is 10.0. The number of aryl methyl sites for hydroxylation is 2. The van der Waals surface area contributed by atoms with E-state index in [4.69, 9.17) is 0 Å². The number of hydrogen-bond donors (Lipinski definition) is 1. The van der Waals surface area contributed by atoms with Crippen LogP contribution in [0, 0.1) is 0 Å². The van der Waals surface area contributed by atoms with Crippen LogP contribution >= 0.6 is 0 Å². The number of hydrogen-bond acceptors (Lipinski definition) is 2. The largest absolute Gasteiger partial charge is 0.477 e. The van der Waals surface area contributed by atoms with Gasteiger partial charge in [-0.2, -0.15) is 0 Å². The highest BCUT2D eigenvalue weighted by Gasteiger charge is 2.13. The topological polar surface area (TPSA) is 59.3 Å². The van der Waals surface area contributed by atoms with Crippen molar-refractivity contribution in [3.63, 3.8) is 0 Å². The molecule has 0 aliphatic rings. The van der Waals surface area contributed by atoms with E-state index in [1.54, 1.807) is 0 Å². The van der Waals surface area contributed by atoms with Crippen LogP contribution in [0.25, 0.3) is 0 Å². The van der Waals surface area contributed by atoms with Crippen molar-refractivity contribution in [1.82, 2.24) is 4.57 Å². The number of carboxylic acid groups (broad SMARTS) is 1. The first-order valence-corrected chi connectivity index (χ1v) is 12.1. The standard InChI is InChI=1S/C25H43NO3/c1-3-5-7-9-11-13-15-17-19-26-20-22(24(27)23(21-26)25(28)29)18-16-14-12-10-8-6-4-2/h20-21H,3-19H2,1-2H3,(H,28,29). The number of nitrogens with zero attached hydrogens (tertiary/aromatic N) is 1. The Morgan fingerprint density at radius 2 is 1.24 bits per heavy atom. The Balaban J connectivity index is 2.47. The number of carboxylic acids is 1. The number of rotatable bonds is 18. The molecule has 166 valence electrons. The van der Waals surface area contributed by atoms with Gasteiger partial charge in [-0.05, 0) is 19.3 Å². The Kier molecular flexibility index (Phi) is 14.3. The Labute approximate surface area is 177 Å². The van der Waals surface area contributed by atoms with Gasteiger partial charge in [-0.1, -0.05) is 97.3 Å². The molecule has 0 aliphatic carbocycles. The molecule has 1 aromatic rings. The molecule has 0 spiro atoms. The predicted octanol–water partition coefficient (Wildman–Crippen LogP) is 6.98. The molecule has 0 atom stereocenters. The van der Waals surface area contributed by atoms with Gasteiger partial charge in [-0.25, -0.2) is 4.79 Å². The third kappa shape index (κ3) is 11.3. The number of aromatic carboxylic acids is 1. The monoisotopic (exact) mass is 405 g/mol. The normalized spacial score (nSPS) is 11.1. The van der Waals surface area contributed by atoms with Gasteiger partial charge in [0.1, 0.15) is 5.56 Å². The van der Waals surface area contributed by atoms with Crippen LogP contribution in [0.15, 0.2) is 17.2 Å². The molecule has 0 aromatic carbocycles. The van der Waals surface area contributed by atoms with Crippen molar-refractivity contribution in [2.75, 3.05) is 0 Å². The summed E-state index contributed by atoms with van der Waals surface area (Å²) in [6, 6.07) is 0. The fourth-order valence-electron chi connectivity index (χ4n) is 3.85. The molecule has 0 amide bonds. The minimum Gasteiger partial charge on any atom is -0.477 e. The number of aromatic nitrogens is 1. The minimum absolute atomic E-state index is 0.0787. The maximum Gasteiger partial charge on any atom is 0.341 e. The summed E-state index contributed by atoms with van der Waals surface area (Å²) >= 11 is 0. The molecular weight excluding hydrogens is 362 g/mol. The average molecular weight is 406 g/mol. The summed E-state index contributed by atoms with van der Waals surface area (Å²) in [7, 11) is 0. The van der Waals surface area contributed by atoms with Crippen molar-refractivity contribution in [1.29, 1.82) is 0 Å². The van der Waals surface area contributed by atoms with Gasteiger partial charge in [0, 0.05) is 24.5 Å². The van der Waals surface area contributed by atoms with Crippen molar-refractivity contribution in [3.8, 4) is 0 Å². The van der Waals surface area contributed by atoms with Crippen LogP contribution in [0.2, 0.25) is 0 Å². The average Bonchev–Trinajstić information content (AvgIpc) is 2.70. The van der Waals surface area contributed by atoms with Crippen LogP contribution in [-0.2, 0) is 13.0 Å². The highest BCUT2D eigenvalue weighted by molar-refractivity contribution is 5.87. The maximum atomic E-state index is 12.5. The first-order valence-electron chi connectivity index (χ1n) is 12.1. The SMILES string of the molecule is CCCCCCCCCCn1cc(CCCCCCCCC)c(=O)c(C(=O)O)c1. The molecule has 0 saturated carbocycles. The van der Waals surface area contributed by atoms with Crippen molar-refractivity contribution in [2.24, 2.45) is 0 Å². The first-order chi connectivity index (χ1) is 14.1. The Hall–Kier alpha value is -1.58. The molecule has 1 rings (SSSR count). The molecule has 29 heavy (non-hydrogen) atoms. The fourth-order valence-corrected chi connectivity index (χ4v) is 3.85. The lowest BCUT2D eigenvalue weighted by molar-refractivity contribution is 0.0694.